The zero-order chi connectivity index (χ0) is 21.9. The predicted molar refractivity (Wildman–Crippen MR) is 124 cm³/mol. The molecule has 7 heteroatoms. The van der Waals surface area contributed by atoms with Crippen molar-refractivity contribution in [3.63, 3.8) is 0 Å². The number of carbonyl (C=O) groups is 2. The van der Waals surface area contributed by atoms with Crippen molar-refractivity contribution in [2.45, 2.75) is 57.2 Å². The molecule has 3 amide bonds. The lowest BCUT2D eigenvalue weighted by atomic mass is 10.1. The lowest BCUT2D eigenvalue weighted by Gasteiger charge is -2.37. The highest BCUT2D eigenvalue weighted by Gasteiger charge is 2.40. The molecule has 2 heterocycles. The SMILES string of the molecule is CC[C@H]1S[C@H](c2ccccc2C)N(CCN2CCN(C(=O)NC(C)(C)C)CC2)C1=O. The summed E-state index contributed by atoms with van der Waals surface area (Å²) in [5, 5.41) is 3.19. The maximum atomic E-state index is 13.0. The van der Waals surface area contributed by atoms with Gasteiger partial charge in [-0.25, -0.2) is 4.79 Å². The van der Waals surface area contributed by atoms with Crippen molar-refractivity contribution in [2.24, 2.45) is 0 Å². The summed E-state index contributed by atoms with van der Waals surface area (Å²) < 4.78 is 0. The summed E-state index contributed by atoms with van der Waals surface area (Å²) in [6.07, 6.45) is 0.865. The molecule has 2 saturated heterocycles. The third-order valence-corrected chi connectivity index (χ3v) is 7.39. The molecule has 0 saturated carbocycles. The van der Waals surface area contributed by atoms with E-state index in [4.69, 9.17) is 0 Å². The number of aryl methyl sites for hydroxylation is 1. The van der Waals surface area contributed by atoms with Crippen LogP contribution in [-0.2, 0) is 4.79 Å². The summed E-state index contributed by atoms with van der Waals surface area (Å²) in [5.41, 5.74) is 2.26. The molecule has 0 unspecified atom stereocenters. The highest BCUT2D eigenvalue weighted by atomic mass is 32.2. The second kappa shape index (κ2) is 9.60. The molecular weight excluding hydrogens is 396 g/mol. The molecule has 30 heavy (non-hydrogen) atoms. The zero-order valence-corrected chi connectivity index (χ0v) is 19.8. The minimum atomic E-state index is -0.220. The monoisotopic (exact) mass is 432 g/mol. The van der Waals surface area contributed by atoms with Crippen LogP contribution in [-0.4, -0.2) is 76.7 Å². The van der Waals surface area contributed by atoms with Crippen molar-refractivity contribution in [1.82, 2.24) is 20.0 Å². The number of urea groups is 1. The van der Waals surface area contributed by atoms with Crippen LogP contribution >= 0.6 is 11.8 Å². The molecular formula is C23H36N4O2S. The molecule has 0 radical (unpaired) electrons. The standard InChI is InChI=1S/C23H36N4O2S/c1-6-19-20(28)27(21(30-19)18-10-8-7-9-17(18)2)16-13-25-11-14-26(15-12-25)22(29)24-23(3,4)5/h7-10,19,21H,6,11-16H2,1-5H3,(H,24,29)/t19-,21-/m1/s1. The van der Waals surface area contributed by atoms with Crippen molar-refractivity contribution in [2.75, 3.05) is 39.3 Å². The number of rotatable bonds is 5. The zero-order valence-electron chi connectivity index (χ0n) is 19.0. The van der Waals surface area contributed by atoms with Crippen LogP contribution in [0.3, 0.4) is 0 Å². The molecule has 1 aromatic carbocycles. The first-order chi connectivity index (χ1) is 14.2. The van der Waals surface area contributed by atoms with Crippen LogP contribution in [0.25, 0.3) is 0 Å². The lowest BCUT2D eigenvalue weighted by molar-refractivity contribution is -0.130. The minimum absolute atomic E-state index is 0.0127. The van der Waals surface area contributed by atoms with Crippen molar-refractivity contribution >= 4 is 23.7 Å². The van der Waals surface area contributed by atoms with Crippen molar-refractivity contribution in [3.8, 4) is 0 Å². The number of nitrogens with zero attached hydrogens (tertiary/aromatic N) is 3. The van der Waals surface area contributed by atoms with Gasteiger partial charge < -0.3 is 15.1 Å². The Kier molecular flexibility index (Phi) is 7.34. The molecule has 0 spiro atoms. The van der Waals surface area contributed by atoms with E-state index in [1.807, 2.05) is 25.7 Å². The molecule has 2 fully saturated rings. The van der Waals surface area contributed by atoms with Crippen LogP contribution < -0.4 is 5.32 Å². The Morgan fingerprint density at radius 1 is 1.13 bits per heavy atom. The van der Waals surface area contributed by atoms with Gasteiger partial charge in [-0.15, -0.1) is 11.8 Å². The molecule has 2 aliphatic rings. The molecule has 166 valence electrons. The smallest absolute Gasteiger partial charge is 0.317 e. The highest BCUT2D eigenvalue weighted by Crippen LogP contribution is 2.44. The van der Waals surface area contributed by atoms with Crippen LogP contribution in [0, 0.1) is 6.92 Å². The van der Waals surface area contributed by atoms with E-state index in [-0.39, 0.29) is 28.1 Å². The third kappa shape index (κ3) is 5.49. The maximum absolute atomic E-state index is 13.0. The van der Waals surface area contributed by atoms with E-state index in [1.54, 1.807) is 11.8 Å². The normalized spacial score (nSPS) is 23.2. The molecule has 0 aromatic heterocycles. The van der Waals surface area contributed by atoms with Gasteiger partial charge in [-0.3, -0.25) is 9.69 Å². The van der Waals surface area contributed by atoms with Crippen molar-refractivity contribution in [1.29, 1.82) is 0 Å². The molecule has 2 aliphatic heterocycles. The Morgan fingerprint density at radius 2 is 1.80 bits per heavy atom. The lowest BCUT2D eigenvalue weighted by Crippen LogP contribution is -2.55. The van der Waals surface area contributed by atoms with Crippen LogP contribution in [0.5, 0.6) is 0 Å². The van der Waals surface area contributed by atoms with Gasteiger partial charge in [0.25, 0.3) is 0 Å². The largest absolute Gasteiger partial charge is 0.333 e. The summed E-state index contributed by atoms with van der Waals surface area (Å²) in [4.78, 5) is 31.7. The second-order valence-corrected chi connectivity index (χ2v) is 10.6. The Hall–Kier alpha value is -1.73. The number of benzene rings is 1. The summed E-state index contributed by atoms with van der Waals surface area (Å²) in [5.74, 6) is 0.263. The van der Waals surface area contributed by atoms with Gasteiger partial charge in [0.15, 0.2) is 0 Å². The van der Waals surface area contributed by atoms with E-state index in [9.17, 15) is 9.59 Å². The third-order valence-electron chi connectivity index (χ3n) is 5.76. The van der Waals surface area contributed by atoms with Gasteiger partial charge in [0.2, 0.25) is 5.91 Å². The fourth-order valence-corrected chi connectivity index (χ4v) is 5.54. The number of carbonyl (C=O) groups excluding carboxylic acids is 2. The molecule has 0 bridgehead atoms. The van der Waals surface area contributed by atoms with E-state index >= 15 is 0 Å². The summed E-state index contributed by atoms with van der Waals surface area (Å²) in [6, 6.07) is 8.40. The number of thioether (sulfide) groups is 1. The van der Waals surface area contributed by atoms with Gasteiger partial charge in [0.05, 0.1) is 5.25 Å². The van der Waals surface area contributed by atoms with Gasteiger partial charge in [0.1, 0.15) is 5.37 Å². The number of piperazine rings is 1. The van der Waals surface area contributed by atoms with Crippen LogP contribution in [0.15, 0.2) is 24.3 Å². The fraction of sp³-hybridized carbons (Fsp3) is 0.652. The molecule has 0 aliphatic carbocycles. The van der Waals surface area contributed by atoms with Gasteiger partial charge >= 0.3 is 6.03 Å². The highest BCUT2D eigenvalue weighted by molar-refractivity contribution is 8.01. The summed E-state index contributed by atoms with van der Waals surface area (Å²) >= 11 is 1.79. The number of amides is 3. The van der Waals surface area contributed by atoms with Gasteiger partial charge in [-0.2, -0.15) is 0 Å². The van der Waals surface area contributed by atoms with Crippen LogP contribution in [0.4, 0.5) is 4.79 Å². The Labute approximate surface area is 185 Å². The average Bonchev–Trinajstić information content (AvgIpc) is 3.01. The first kappa shape index (κ1) is 22.9. The second-order valence-electron chi connectivity index (χ2n) is 9.28. The van der Waals surface area contributed by atoms with E-state index in [0.29, 0.717) is 0 Å². The van der Waals surface area contributed by atoms with E-state index < -0.39 is 0 Å². The Bertz CT molecular complexity index is 756. The van der Waals surface area contributed by atoms with Gasteiger partial charge in [-0.05, 0) is 45.2 Å². The molecule has 1 N–H and O–H groups in total. The number of hydrogen-bond acceptors (Lipinski definition) is 4. The Balaban J connectivity index is 1.57. The number of hydrogen-bond donors (Lipinski definition) is 1. The molecule has 6 nitrogen and oxygen atoms in total. The summed E-state index contributed by atoms with van der Waals surface area (Å²) in [6.45, 7) is 14.9. The maximum Gasteiger partial charge on any atom is 0.317 e. The molecule has 3 rings (SSSR count). The van der Waals surface area contributed by atoms with Crippen LogP contribution in [0.2, 0.25) is 0 Å². The predicted octanol–water partition coefficient (Wildman–Crippen LogP) is 3.47. The average molecular weight is 433 g/mol. The van der Waals surface area contributed by atoms with Crippen molar-refractivity contribution < 1.29 is 9.59 Å². The van der Waals surface area contributed by atoms with E-state index in [1.165, 1.54) is 11.1 Å². The van der Waals surface area contributed by atoms with E-state index in [2.05, 4.69) is 53.2 Å². The fourth-order valence-electron chi connectivity index (χ4n) is 4.01. The van der Waals surface area contributed by atoms with Gasteiger partial charge in [-0.1, -0.05) is 31.2 Å². The van der Waals surface area contributed by atoms with Crippen molar-refractivity contribution in [3.05, 3.63) is 35.4 Å². The first-order valence-electron chi connectivity index (χ1n) is 11.0. The molecule has 1 aromatic rings. The summed E-state index contributed by atoms with van der Waals surface area (Å²) in [7, 11) is 0. The van der Waals surface area contributed by atoms with E-state index in [0.717, 1.165) is 45.7 Å². The van der Waals surface area contributed by atoms with Crippen LogP contribution in [0.1, 0.15) is 50.6 Å². The first-order valence-corrected chi connectivity index (χ1v) is 11.9. The minimum Gasteiger partial charge on any atom is -0.333 e. The quantitative estimate of drug-likeness (QED) is 0.774. The topological polar surface area (TPSA) is 55.9 Å². The Morgan fingerprint density at radius 3 is 2.40 bits per heavy atom. The number of nitrogens with one attached hydrogen (secondary N) is 1. The molecule has 2 atom stereocenters. The van der Waals surface area contributed by atoms with Gasteiger partial charge in [0, 0.05) is 44.8 Å².